The number of phenolic OH excluding ortho intramolecular Hbond substituents is 1. The van der Waals surface area contributed by atoms with Crippen molar-refractivity contribution < 1.29 is 44.3 Å². The van der Waals surface area contributed by atoms with Crippen molar-refractivity contribution in [1.82, 2.24) is 0 Å². The number of carbonyl (C=O) groups is 4. The van der Waals surface area contributed by atoms with Crippen LogP contribution in [0.4, 0.5) is 0 Å². The molecule has 0 spiro atoms. The van der Waals surface area contributed by atoms with Crippen molar-refractivity contribution in [3.05, 3.63) is 51.3 Å². The van der Waals surface area contributed by atoms with E-state index in [0.717, 1.165) is 18.9 Å². The molecule has 1 unspecified atom stereocenters. The van der Waals surface area contributed by atoms with Crippen molar-refractivity contribution in [3.63, 3.8) is 0 Å². The average Bonchev–Trinajstić information content (AvgIpc) is 2.89. The molecule has 0 radical (unpaired) electrons. The molecule has 1 aromatic carbocycles. The number of phenols is 1. The number of aliphatic hydroxyl groups is 3. The second-order valence-corrected chi connectivity index (χ2v) is 13.7. The highest BCUT2D eigenvalue weighted by atomic mass is 16.5. The van der Waals surface area contributed by atoms with E-state index in [2.05, 4.69) is 0 Å². The van der Waals surface area contributed by atoms with Crippen molar-refractivity contribution in [1.29, 1.82) is 0 Å². The standard InChI is InChI=1S/C35H44O9/c1-9-10-13-44-23(37)12-11-20-14-21(17(2)3)22-15-33(7)16-34(8)26(18(4)5)29(39)24(19(6)36)31(41)35(34,43)32(42)27(33)30(40)25(22)28(20)38/h11-12,14,17-18,26,38,40-41,43H,9-10,13,15-16H2,1-8H3/b12-11+/t26?,33-,34-,35+/m1/s1. The molecule has 0 heterocycles. The molecule has 0 saturated heterocycles. The molecule has 9 nitrogen and oxygen atoms in total. The summed E-state index contributed by atoms with van der Waals surface area (Å²) in [5, 5.41) is 46.8. The van der Waals surface area contributed by atoms with Crippen LogP contribution in [0.5, 0.6) is 5.75 Å². The van der Waals surface area contributed by atoms with E-state index in [9.17, 15) is 39.6 Å². The molecule has 44 heavy (non-hydrogen) atoms. The Morgan fingerprint density at radius 1 is 1.11 bits per heavy atom. The van der Waals surface area contributed by atoms with E-state index in [0.29, 0.717) is 12.0 Å². The Morgan fingerprint density at radius 3 is 2.30 bits per heavy atom. The van der Waals surface area contributed by atoms with E-state index in [1.165, 1.54) is 12.2 Å². The molecule has 3 aliphatic rings. The predicted octanol–water partition coefficient (Wildman–Crippen LogP) is 5.67. The largest absolute Gasteiger partial charge is 0.508 e. The van der Waals surface area contributed by atoms with Crippen molar-refractivity contribution in [3.8, 4) is 5.75 Å². The molecular weight excluding hydrogens is 564 g/mol. The minimum absolute atomic E-state index is 0.00536. The number of ether oxygens (including phenoxy) is 1. The number of hydrogen-bond donors (Lipinski definition) is 4. The summed E-state index contributed by atoms with van der Waals surface area (Å²) in [6, 6.07) is 1.74. The fourth-order valence-corrected chi connectivity index (χ4v) is 8.00. The number of aromatic hydroxyl groups is 1. The quantitative estimate of drug-likeness (QED) is 0.126. The van der Waals surface area contributed by atoms with Gasteiger partial charge < -0.3 is 25.2 Å². The third-order valence-corrected chi connectivity index (χ3v) is 9.83. The summed E-state index contributed by atoms with van der Waals surface area (Å²) in [6.45, 7) is 14.1. The smallest absolute Gasteiger partial charge is 0.330 e. The van der Waals surface area contributed by atoms with Crippen LogP contribution < -0.4 is 0 Å². The van der Waals surface area contributed by atoms with Gasteiger partial charge in [-0.05, 0) is 61.3 Å². The summed E-state index contributed by atoms with van der Waals surface area (Å²) in [6.07, 6.45) is 4.36. The zero-order valence-electron chi connectivity index (χ0n) is 26.8. The van der Waals surface area contributed by atoms with Crippen LogP contribution in [0.25, 0.3) is 11.8 Å². The number of fused-ring (bicyclic) bond motifs is 3. The molecule has 0 aliphatic heterocycles. The lowest BCUT2D eigenvalue weighted by Crippen LogP contribution is -2.69. The van der Waals surface area contributed by atoms with E-state index in [-0.39, 0.29) is 47.8 Å². The van der Waals surface area contributed by atoms with Crippen LogP contribution in [-0.4, -0.2) is 56.0 Å². The second-order valence-electron chi connectivity index (χ2n) is 13.7. The monoisotopic (exact) mass is 608 g/mol. The maximum atomic E-state index is 14.5. The fraction of sp³-hybridized carbons (Fsp3) is 0.543. The third kappa shape index (κ3) is 4.71. The molecular formula is C35H44O9. The normalized spacial score (nSPS) is 28.5. The lowest BCUT2D eigenvalue weighted by molar-refractivity contribution is -0.178. The van der Waals surface area contributed by atoms with Gasteiger partial charge in [0.15, 0.2) is 17.2 Å². The highest BCUT2D eigenvalue weighted by Gasteiger charge is 2.72. The Morgan fingerprint density at radius 2 is 1.75 bits per heavy atom. The van der Waals surface area contributed by atoms with Gasteiger partial charge in [0.05, 0.1) is 12.2 Å². The molecule has 1 aromatic rings. The van der Waals surface area contributed by atoms with Crippen molar-refractivity contribution in [2.75, 3.05) is 6.61 Å². The number of unbranched alkanes of at least 4 members (excludes halogenated alkanes) is 1. The lowest BCUT2D eigenvalue weighted by atomic mass is 9.43. The molecule has 9 heteroatoms. The summed E-state index contributed by atoms with van der Waals surface area (Å²) in [5.41, 5.74) is -4.48. The van der Waals surface area contributed by atoms with Gasteiger partial charge in [-0.15, -0.1) is 0 Å². The van der Waals surface area contributed by atoms with Crippen LogP contribution in [0, 0.1) is 22.7 Å². The Hall–Kier alpha value is -3.72. The first-order valence-electron chi connectivity index (χ1n) is 15.3. The first-order chi connectivity index (χ1) is 20.4. The Bertz CT molecular complexity index is 1540. The number of esters is 1. The molecule has 1 fully saturated rings. The number of ketones is 3. The summed E-state index contributed by atoms with van der Waals surface area (Å²) in [4.78, 5) is 53.0. The third-order valence-electron chi connectivity index (χ3n) is 9.83. The SMILES string of the molecule is CCCCOC(=O)/C=C/c1cc(C(C)C)c2c(c1O)C(O)=C1C(=O)[C@@]3(O)C(O)=C(C(C)=O)C(=O)C(C(C)C)[C@@]3(C)C[C@@]1(C)C2. The van der Waals surface area contributed by atoms with Crippen LogP contribution in [0.15, 0.2) is 29.0 Å². The van der Waals surface area contributed by atoms with Gasteiger partial charge in [-0.2, -0.15) is 0 Å². The number of hydrogen-bond acceptors (Lipinski definition) is 9. The second kappa shape index (κ2) is 11.3. The van der Waals surface area contributed by atoms with Crippen LogP contribution in [0.2, 0.25) is 0 Å². The van der Waals surface area contributed by atoms with Crippen molar-refractivity contribution >= 4 is 35.2 Å². The number of benzene rings is 1. The minimum Gasteiger partial charge on any atom is -0.508 e. The van der Waals surface area contributed by atoms with Gasteiger partial charge in [0.1, 0.15) is 22.8 Å². The van der Waals surface area contributed by atoms with Crippen molar-refractivity contribution in [2.45, 2.75) is 92.6 Å². The number of aliphatic hydroxyl groups excluding tert-OH is 2. The molecule has 0 bridgehead atoms. The topological polar surface area (TPSA) is 158 Å². The Labute approximate surface area is 258 Å². The maximum absolute atomic E-state index is 14.5. The summed E-state index contributed by atoms with van der Waals surface area (Å²) >= 11 is 0. The number of Topliss-reactive ketones (excluding diaryl/α,β-unsaturated/α-hetero) is 3. The van der Waals surface area contributed by atoms with E-state index < -0.39 is 68.7 Å². The zero-order chi connectivity index (χ0) is 33.1. The first-order valence-corrected chi connectivity index (χ1v) is 15.3. The van der Waals surface area contributed by atoms with Crippen LogP contribution >= 0.6 is 0 Å². The Balaban J connectivity index is 1.98. The van der Waals surface area contributed by atoms with E-state index in [4.69, 9.17) is 4.74 Å². The number of allylic oxidation sites excluding steroid dienone is 1. The summed E-state index contributed by atoms with van der Waals surface area (Å²) in [5.74, 6) is -6.36. The first kappa shape index (κ1) is 33.2. The predicted molar refractivity (Wildman–Crippen MR) is 165 cm³/mol. The van der Waals surface area contributed by atoms with Gasteiger partial charge in [0.25, 0.3) is 0 Å². The molecule has 0 amide bonds. The van der Waals surface area contributed by atoms with Crippen LogP contribution in [0.1, 0.15) is 103 Å². The Kier molecular flexibility index (Phi) is 8.54. The molecule has 4 rings (SSSR count). The molecule has 238 valence electrons. The van der Waals surface area contributed by atoms with Gasteiger partial charge in [0, 0.05) is 34.0 Å². The molecule has 4 N–H and O–H groups in total. The summed E-state index contributed by atoms with van der Waals surface area (Å²) < 4.78 is 5.18. The number of carbonyl (C=O) groups excluding carboxylic acids is 4. The lowest BCUT2D eigenvalue weighted by Gasteiger charge is -2.59. The van der Waals surface area contributed by atoms with Crippen molar-refractivity contribution in [2.24, 2.45) is 22.7 Å². The summed E-state index contributed by atoms with van der Waals surface area (Å²) in [7, 11) is 0. The minimum atomic E-state index is -2.67. The average molecular weight is 609 g/mol. The maximum Gasteiger partial charge on any atom is 0.330 e. The van der Waals surface area contributed by atoms with Crippen LogP contribution in [0.3, 0.4) is 0 Å². The number of rotatable bonds is 8. The molecule has 1 saturated carbocycles. The van der Waals surface area contributed by atoms with Gasteiger partial charge >= 0.3 is 5.97 Å². The molecule has 3 aliphatic carbocycles. The van der Waals surface area contributed by atoms with Gasteiger partial charge in [-0.1, -0.05) is 54.9 Å². The highest BCUT2D eigenvalue weighted by molar-refractivity contribution is 6.24. The van der Waals surface area contributed by atoms with E-state index in [1.807, 2.05) is 20.8 Å². The molecule has 0 aromatic heterocycles. The fourth-order valence-electron chi connectivity index (χ4n) is 8.00. The highest BCUT2D eigenvalue weighted by Crippen LogP contribution is 2.65. The van der Waals surface area contributed by atoms with E-state index in [1.54, 1.807) is 33.8 Å². The van der Waals surface area contributed by atoms with Gasteiger partial charge in [0.2, 0.25) is 5.78 Å². The van der Waals surface area contributed by atoms with E-state index >= 15 is 0 Å². The van der Waals surface area contributed by atoms with Gasteiger partial charge in [-0.3, -0.25) is 14.4 Å². The zero-order valence-corrected chi connectivity index (χ0v) is 26.8. The molecule has 4 atom stereocenters. The van der Waals surface area contributed by atoms with Gasteiger partial charge in [-0.25, -0.2) is 4.79 Å². The van der Waals surface area contributed by atoms with Crippen LogP contribution in [-0.2, 0) is 30.3 Å².